The van der Waals surface area contributed by atoms with Crippen molar-refractivity contribution < 1.29 is 144 Å². The van der Waals surface area contributed by atoms with Crippen molar-refractivity contribution in [2.75, 3.05) is 0 Å². The first-order chi connectivity index (χ1) is 0. The van der Waals surface area contributed by atoms with Gasteiger partial charge in [-0.05, 0) is 0 Å². The van der Waals surface area contributed by atoms with Gasteiger partial charge in [0.1, 0.15) is 0 Å². The van der Waals surface area contributed by atoms with Crippen LogP contribution in [0.25, 0.3) is 0 Å². The minimum Gasteiger partial charge on any atom is -2.00 e. The quantitative estimate of drug-likeness (QED) is 0.365. The van der Waals surface area contributed by atoms with Crippen LogP contribution in [0, 0.1) is 83.5 Å². The third-order valence-electron chi connectivity index (χ3n) is 0. The van der Waals surface area contributed by atoms with Crippen molar-refractivity contribution in [3.05, 3.63) is 0 Å². The Morgan fingerprint density at radius 2 is 0.500 bits per heavy atom. The second-order valence-corrected chi connectivity index (χ2v) is 0. The standard InChI is InChI=1S/2Ce.Li.4O.Zn/q2*+3;+1;4*-2;+2. The number of rotatable bonds is 0. The molecular weight excluding hydrogens is 417 g/mol. The molecule has 0 amide bonds. The van der Waals surface area contributed by atoms with Crippen LogP contribution in [0.4, 0.5) is 0 Å². The van der Waals surface area contributed by atoms with Gasteiger partial charge in [0.2, 0.25) is 0 Å². The van der Waals surface area contributed by atoms with Gasteiger partial charge in [-0.3, -0.25) is 0 Å². The monoisotopic (exact) mass is 415 g/mol. The molecule has 8 heteroatoms. The summed E-state index contributed by atoms with van der Waals surface area (Å²) in [6.07, 6.45) is 0. The zero-order valence-corrected chi connectivity index (χ0v) is 13.6. The van der Waals surface area contributed by atoms with Crippen LogP contribution in [0.2, 0.25) is 0 Å². The average molecular weight is 417 g/mol. The summed E-state index contributed by atoms with van der Waals surface area (Å²) in [5.41, 5.74) is 0. The first-order valence-corrected chi connectivity index (χ1v) is 0. The molecular formula is Ce2LiO4Zn+. The summed E-state index contributed by atoms with van der Waals surface area (Å²) in [5, 5.41) is 0. The molecule has 0 spiro atoms. The fourth-order valence-corrected chi connectivity index (χ4v) is 0. The average Bonchev–Trinajstić information content (AvgIpc) is 0. The van der Waals surface area contributed by atoms with Gasteiger partial charge in [-0.25, -0.2) is 0 Å². The van der Waals surface area contributed by atoms with Gasteiger partial charge >= 0.3 is 122 Å². The summed E-state index contributed by atoms with van der Waals surface area (Å²) >= 11 is 0. The normalized spacial score (nSPS) is 0. The molecule has 0 aromatic heterocycles. The topological polar surface area (TPSA) is 114 Å². The van der Waals surface area contributed by atoms with Crippen LogP contribution in [0.15, 0.2) is 0 Å². The summed E-state index contributed by atoms with van der Waals surface area (Å²) in [6.45, 7) is 0. The summed E-state index contributed by atoms with van der Waals surface area (Å²) in [5.74, 6) is 0. The molecule has 0 aliphatic carbocycles. The second-order valence-electron chi connectivity index (χ2n) is 0. The Hall–Kier alpha value is 3.81. The van der Waals surface area contributed by atoms with Crippen LogP contribution in [-0.4, -0.2) is 0 Å². The van der Waals surface area contributed by atoms with Crippen LogP contribution in [0.5, 0.6) is 0 Å². The van der Waals surface area contributed by atoms with E-state index >= 15 is 0 Å². The third-order valence-corrected chi connectivity index (χ3v) is 0. The number of hydrogen-bond acceptors (Lipinski definition) is 0. The molecule has 0 aliphatic rings. The Bertz CT molecular complexity index is 14.0. The van der Waals surface area contributed by atoms with Crippen molar-refractivity contribution in [1.82, 2.24) is 0 Å². The molecule has 34 valence electrons. The van der Waals surface area contributed by atoms with Gasteiger partial charge in [0.15, 0.2) is 0 Å². The predicted molar refractivity (Wildman–Crippen MR) is 2.75 cm³/mol. The van der Waals surface area contributed by atoms with E-state index in [9.17, 15) is 0 Å². The first-order valence-electron chi connectivity index (χ1n) is 0. The van der Waals surface area contributed by atoms with Gasteiger partial charge in [0, 0.05) is 0 Å². The molecule has 0 aromatic carbocycles. The van der Waals surface area contributed by atoms with E-state index in [0.717, 1.165) is 0 Å². The Balaban J connectivity index is 0. The summed E-state index contributed by atoms with van der Waals surface area (Å²) in [7, 11) is 0. The first kappa shape index (κ1) is 95.0. The van der Waals surface area contributed by atoms with Crippen LogP contribution in [0.3, 0.4) is 0 Å². The largest absolute Gasteiger partial charge is 3.00 e. The van der Waals surface area contributed by atoms with E-state index in [2.05, 4.69) is 0 Å². The van der Waals surface area contributed by atoms with Gasteiger partial charge < -0.3 is 21.9 Å². The molecule has 0 N–H and O–H groups in total. The Labute approximate surface area is 140 Å². The van der Waals surface area contributed by atoms with E-state index in [1.807, 2.05) is 0 Å². The molecule has 0 aliphatic heterocycles. The molecule has 4 nitrogen and oxygen atoms in total. The van der Waals surface area contributed by atoms with Crippen molar-refractivity contribution in [2.24, 2.45) is 0 Å². The van der Waals surface area contributed by atoms with Crippen molar-refractivity contribution in [2.45, 2.75) is 0 Å². The van der Waals surface area contributed by atoms with E-state index in [-0.39, 0.29) is 144 Å². The van der Waals surface area contributed by atoms with E-state index < -0.39 is 0 Å². The van der Waals surface area contributed by atoms with Gasteiger partial charge in [-0.1, -0.05) is 0 Å². The van der Waals surface area contributed by atoms with E-state index in [1.165, 1.54) is 0 Å². The van der Waals surface area contributed by atoms with E-state index in [4.69, 9.17) is 0 Å². The molecule has 0 heterocycles. The fourth-order valence-electron chi connectivity index (χ4n) is 0. The zero-order valence-electron chi connectivity index (χ0n) is 4.34. The van der Waals surface area contributed by atoms with Crippen molar-refractivity contribution in [3.8, 4) is 0 Å². The zero-order chi connectivity index (χ0) is 0. The fraction of sp³-hybridized carbons (Fsp3) is 0. The Morgan fingerprint density at radius 3 is 0.500 bits per heavy atom. The maximum Gasteiger partial charge on any atom is 3.00 e. The van der Waals surface area contributed by atoms with Crippen molar-refractivity contribution in [1.29, 1.82) is 0 Å². The minimum atomic E-state index is 0. The van der Waals surface area contributed by atoms with Crippen molar-refractivity contribution >= 4 is 0 Å². The van der Waals surface area contributed by atoms with Crippen LogP contribution < -0.4 is 18.9 Å². The van der Waals surface area contributed by atoms with Crippen molar-refractivity contribution in [3.63, 3.8) is 0 Å². The molecule has 0 atom stereocenters. The molecule has 0 bridgehead atoms. The molecule has 0 unspecified atom stereocenters. The molecule has 0 saturated heterocycles. The second kappa shape index (κ2) is 71.6. The summed E-state index contributed by atoms with van der Waals surface area (Å²) < 4.78 is 0. The van der Waals surface area contributed by atoms with E-state index in [0.29, 0.717) is 0 Å². The molecule has 0 saturated carbocycles. The molecule has 0 aromatic rings. The van der Waals surface area contributed by atoms with Crippen LogP contribution in [0.1, 0.15) is 0 Å². The molecule has 0 fully saturated rings. The predicted octanol–water partition coefficient (Wildman–Crippen LogP) is -3.47. The third kappa shape index (κ3) is 52.4. The van der Waals surface area contributed by atoms with Crippen LogP contribution >= 0.6 is 0 Å². The summed E-state index contributed by atoms with van der Waals surface area (Å²) in [6, 6.07) is 0. The molecule has 8 heavy (non-hydrogen) atoms. The van der Waals surface area contributed by atoms with Crippen LogP contribution in [-0.2, 0) is 41.4 Å². The Morgan fingerprint density at radius 1 is 0.500 bits per heavy atom. The van der Waals surface area contributed by atoms with Gasteiger partial charge in [0.25, 0.3) is 0 Å². The smallest absolute Gasteiger partial charge is 2.00 e. The Kier molecular flexibility index (Phi) is 850. The van der Waals surface area contributed by atoms with Gasteiger partial charge in [0.05, 0.1) is 0 Å². The SMILES string of the molecule is [Ce+3].[Ce+3].[Li+].[O-2].[O-2].[O-2].[O-2].[Zn+2]. The van der Waals surface area contributed by atoms with Gasteiger partial charge in [-0.2, -0.15) is 0 Å². The molecule has 2 radical (unpaired) electrons. The maximum absolute atomic E-state index is 0. The maximum atomic E-state index is 0. The minimum absolute atomic E-state index is 0. The van der Waals surface area contributed by atoms with E-state index in [1.54, 1.807) is 0 Å². The van der Waals surface area contributed by atoms with Gasteiger partial charge in [-0.15, -0.1) is 0 Å². The molecule has 0 rings (SSSR count). The summed E-state index contributed by atoms with van der Waals surface area (Å²) in [4.78, 5) is 0. The number of hydrogen-bond donors (Lipinski definition) is 0.